The van der Waals surface area contributed by atoms with Crippen molar-refractivity contribution in [3.05, 3.63) is 57.3 Å². The summed E-state index contributed by atoms with van der Waals surface area (Å²) in [6.45, 7) is 3.34. The number of benzene rings is 1. The number of hydrogen-bond acceptors (Lipinski definition) is 6. The van der Waals surface area contributed by atoms with Gasteiger partial charge in [-0.2, -0.15) is 4.68 Å². The summed E-state index contributed by atoms with van der Waals surface area (Å²) in [5.74, 6) is -2.42. The average Bonchev–Trinajstić information content (AvgIpc) is 2.95. The minimum Gasteiger partial charge on any atom is -0.478 e. The Morgan fingerprint density at radius 3 is 2.12 bits per heavy atom. The number of aromatic nitrogens is 2. The highest BCUT2D eigenvalue weighted by Crippen LogP contribution is 2.13. The molecule has 3 N–H and O–H groups in total. The summed E-state index contributed by atoms with van der Waals surface area (Å²) in [5, 5.41) is 40.1. The number of aliphatic hydroxyl groups is 1. The Labute approximate surface area is 142 Å². The largest absolute Gasteiger partial charge is 0.478 e. The van der Waals surface area contributed by atoms with Gasteiger partial charge in [0.2, 0.25) is 0 Å². The molecule has 134 valence electrons. The van der Waals surface area contributed by atoms with Crippen LogP contribution in [0.2, 0.25) is 0 Å². The standard InChI is InChI=1S/C9H8O4.C6H9N3O3/c1-5-6(8(10)11)3-2-4-7(5)9(12)13;1-5(10)4-8-3-2-6(7-8)9(11)12/h2-4H,1H3,(H,10,11)(H,12,13);2-3,5,10H,4H2,1H3. The van der Waals surface area contributed by atoms with Crippen LogP contribution in [0.25, 0.3) is 0 Å². The third-order valence-corrected chi connectivity index (χ3v) is 3.06. The van der Waals surface area contributed by atoms with Crippen LogP contribution in [0.4, 0.5) is 5.82 Å². The number of carboxylic acids is 2. The molecule has 0 aliphatic heterocycles. The zero-order chi connectivity index (χ0) is 19.1. The molecule has 10 heteroatoms. The van der Waals surface area contributed by atoms with Gasteiger partial charge in [0.25, 0.3) is 0 Å². The Hall–Kier alpha value is -3.27. The quantitative estimate of drug-likeness (QED) is 0.541. The summed E-state index contributed by atoms with van der Waals surface area (Å²) in [7, 11) is 0. The minimum absolute atomic E-state index is 0.0277. The van der Waals surface area contributed by atoms with Gasteiger partial charge < -0.3 is 25.4 Å². The molecule has 1 heterocycles. The Morgan fingerprint density at radius 1 is 1.24 bits per heavy atom. The molecule has 0 radical (unpaired) electrons. The van der Waals surface area contributed by atoms with E-state index in [-0.39, 0.29) is 29.1 Å². The highest BCUT2D eigenvalue weighted by Gasteiger charge is 2.13. The third kappa shape index (κ3) is 5.70. The van der Waals surface area contributed by atoms with Gasteiger partial charge in [0.1, 0.15) is 0 Å². The molecule has 0 aliphatic carbocycles. The van der Waals surface area contributed by atoms with Gasteiger partial charge >= 0.3 is 17.8 Å². The van der Waals surface area contributed by atoms with Gasteiger partial charge in [-0.25, -0.2) is 9.59 Å². The molecule has 10 nitrogen and oxygen atoms in total. The van der Waals surface area contributed by atoms with E-state index >= 15 is 0 Å². The molecule has 1 aromatic carbocycles. The van der Waals surface area contributed by atoms with Crippen LogP contribution < -0.4 is 0 Å². The van der Waals surface area contributed by atoms with Crippen molar-refractivity contribution in [3.63, 3.8) is 0 Å². The fraction of sp³-hybridized carbons (Fsp3) is 0.267. The lowest BCUT2D eigenvalue weighted by molar-refractivity contribution is -0.389. The topological polar surface area (TPSA) is 156 Å². The second kappa shape index (κ2) is 8.55. The number of aliphatic hydroxyl groups excluding tert-OH is 1. The van der Waals surface area contributed by atoms with Crippen molar-refractivity contribution in [2.45, 2.75) is 26.5 Å². The molecule has 1 atom stereocenters. The van der Waals surface area contributed by atoms with Crippen molar-refractivity contribution in [3.8, 4) is 0 Å². The molecule has 2 aromatic rings. The molecule has 0 spiro atoms. The lowest BCUT2D eigenvalue weighted by Gasteiger charge is -2.03. The maximum Gasteiger partial charge on any atom is 0.389 e. The van der Waals surface area contributed by atoms with Crippen LogP contribution in [-0.2, 0) is 6.54 Å². The van der Waals surface area contributed by atoms with Gasteiger partial charge in [0.15, 0.2) is 0 Å². The van der Waals surface area contributed by atoms with Crippen LogP contribution in [0.1, 0.15) is 33.2 Å². The maximum absolute atomic E-state index is 10.6. The van der Waals surface area contributed by atoms with Gasteiger partial charge in [-0.15, -0.1) is 0 Å². The SMILES string of the molecule is CC(O)Cn1ccc([N+](=O)[O-])n1.Cc1c(C(=O)O)cccc1C(=O)O. The Morgan fingerprint density at radius 2 is 1.76 bits per heavy atom. The van der Waals surface area contributed by atoms with Crippen LogP contribution in [-0.4, -0.2) is 48.1 Å². The second-order valence-electron chi connectivity index (χ2n) is 5.09. The first kappa shape index (κ1) is 19.8. The van der Waals surface area contributed by atoms with Crippen LogP contribution in [0.3, 0.4) is 0 Å². The van der Waals surface area contributed by atoms with Gasteiger partial charge in [0.05, 0.1) is 41.1 Å². The van der Waals surface area contributed by atoms with E-state index in [1.165, 1.54) is 42.1 Å². The van der Waals surface area contributed by atoms with E-state index in [0.29, 0.717) is 0 Å². The number of carboxylic acid groups (broad SMARTS) is 2. The number of carbonyl (C=O) groups is 2. The van der Waals surface area contributed by atoms with Crippen LogP contribution >= 0.6 is 0 Å². The van der Waals surface area contributed by atoms with Crippen LogP contribution in [0, 0.1) is 17.0 Å². The normalized spacial score (nSPS) is 11.2. The Kier molecular flexibility index (Phi) is 6.76. The van der Waals surface area contributed by atoms with E-state index in [4.69, 9.17) is 15.3 Å². The van der Waals surface area contributed by atoms with Gasteiger partial charge in [-0.1, -0.05) is 6.07 Å². The lowest BCUT2D eigenvalue weighted by Crippen LogP contribution is -2.12. The monoisotopic (exact) mass is 351 g/mol. The highest BCUT2D eigenvalue weighted by molar-refractivity contribution is 5.96. The third-order valence-electron chi connectivity index (χ3n) is 3.06. The zero-order valence-corrected chi connectivity index (χ0v) is 13.5. The van der Waals surface area contributed by atoms with Crippen molar-refractivity contribution < 1.29 is 29.8 Å². The van der Waals surface area contributed by atoms with E-state index in [2.05, 4.69) is 5.10 Å². The summed E-state index contributed by atoms with van der Waals surface area (Å²) in [4.78, 5) is 30.8. The summed E-state index contributed by atoms with van der Waals surface area (Å²) >= 11 is 0. The molecule has 0 saturated heterocycles. The van der Waals surface area contributed by atoms with E-state index in [0.717, 1.165) is 0 Å². The molecule has 0 saturated carbocycles. The number of nitrogens with zero attached hydrogens (tertiary/aromatic N) is 3. The number of aromatic carboxylic acids is 2. The lowest BCUT2D eigenvalue weighted by atomic mass is 10.0. The Balaban J connectivity index is 0.000000251. The van der Waals surface area contributed by atoms with Crippen molar-refractivity contribution in [2.75, 3.05) is 0 Å². The van der Waals surface area contributed by atoms with Crippen molar-refractivity contribution in [1.29, 1.82) is 0 Å². The van der Waals surface area contributed by atoms with Gasteiger partial charge in [-0.3, -0.25) is 0 Å². The van der Waals surface area contributed by atoms with Gasteiger partial charge in [0, 0.05) is 0 Å². The van der Waals surface area contributed by atoms with E-state index in [1.54, 1.807) is 6.92 Å². The number of hydrogen-bond donors (Lipinski definition) is 3. The smallest absolute Gasteiger partial charge is 0.389 e. The molecule has 25 heavy (non-hydrogen) atoms. The van der Waals surface area contributed by atoms with E-state index < -0.39 is 23.0 Å². The van der Waals surface area contributed by atoms with E-state index in [9.17, 15) is 19.7 Å². The fourth-order valence-electron chi connectivity index (χ4n) is 1.92. The number of rotatable bonds is 5. The van der Waals surface area contributed by atoms with Crippen molar-refractivity contribution in [2.24, 2.45) is 0 Å². The molecular formula is C15H17N3O7. The predicted molar refractivity (Wildman–Crippen MR) is 85.7 cm³/mol. The molecule has 0 fully saturated rings. The summed E-state index contributed by atoms with van der Waals surface area (Å²) in [6, 6.07) is 5.47. The summed E-state index contributed by atoms with van der Waals surface area (Å²) < 4.78 is 1.34. The molecular weight excluding hydrogens is 334 g/mol. The summed E-state index contributed by atoms with van der Waals surface area (Å²) in [6.07, 6.45) is 0.912. The van der Waals surface area contributed by atoms with Crippen LogP contribution in [0.5, 0.6) is 0 Å². The number of nitro groups is 1. The molecule has 0 amide bonds. The molecule has 1 unspecified atom stereocenters. The summed E-state index contributed by atoms with van der Waals surface area (Å²) in [5.41, 5.74) is 0.335. The minimum atomic E-state index is -1.11. The Bertz CT molecular complexity index is 751. The first-order valence-corrected chi connectivity index (χ1v) is 7.05. The first-order chi connectivity index (χ1) is 11.6. The van der Waals surface area contributed by atoms with Crippen molar-refractivity contribution in [1.82, 2.24) is 9.78 Å². The molecule has 0 aliphatic rings. The zero-order valence-electron chi connectivity index (χ0n) is 13.5. The second-order valence-corrected chi connectivity index (χ2v) is 5.09. The fourth-order valence-corrected chi connectivity index (χ4v) is 1.92. The molecule has 0 bridgehead atoms. The van der Waals surface area contributed by atoms with Crippen molar-refractivity contribution >= 4 is 17.8 Å². The molecule has 2 rings (SSSR count). The predicted octanol–water partition coefficient (Wildman–Crippen LogP) is 1.56. The van der Waals surface area contributed by atoms with Gasteiger partial charge in [-0.05, 0) is 36.5 Å². The average molecular weight is 351 g/mol. The maximum atomic E-state index is 10.6. The van der Waals surface area contributed by atoms with Crippen LogP contribution in [0.15, 0.2) is 30.5 Å². The van der Waals surface area contributed by atoms with E-state index in [1.807, 2.05) is 0 Å². The molecule has 1 aromatic heterocycles. The highest BCUT2D eigenvalue weighted by atomic mass is 16.6. The first-order valence-electron chi connectivity index (χ1n) is 7.05.